The van der Waals surface area contributed by atoms with Crippen LogP contribution >= 0.6 is 31.9 Å². The second-order valence-corrected chi connectivity index (χ2v) is 8.73. The predicted octanol–water partition coefficient (Wildman–Crippen LogP) is 5.49. The van der Waals surface area contributed by atoms with Crippen LogP contribution in [0.15, 0.2) is 75.7 Å². The first kappa shape index (κ1) is 23.0. The first-order chi connectivity index (χ1) is 14.9. The van der Waals surface area contributed by atoms with Crippen LogP contribution in [-0.2, 0) is 11.3 Å². The third kappa shape index (κ3) is 5.95. The molecule has 0 aliphatic rings. The number of halogens is 2. The molecule has 0 saturated heterocycles. The smallest absolute Gasteiger partial charge is 0.264 e. The molecule has 0 fully saturated rings. The fraction of sp³-hybridized carbons (Fsp3) is 0.167. The summed E-state index contributed by atoms with van der Waals surface area (Å²) >= 11 is 6.90. The Morgan fingerprint density at radius 1 is 1.00 bits per heavy atom. The number of ether oxygens (including phenoxy) is 1. The van der Waals surface area contributed by atoms with Crippen LogP contribution in [0.3, 0.4) is 0 Å². The van der Waals surface area contributed by atoms with Crippen LogP contribution in [-0.4, -0.2) is 25.5 Å². The molecule has 2 amide bonds. The fourth-order valence-corrected chi connectivity index (χ4v) is 4.62. The second-order valence-electron chi connectivity index (χ2n) is 6.96. The Labute approximate surface area is 198 Å². The molecule has 3 aromatic carbocycles. The lowest BCUT2D eigenvalue weighted by atomic mass is 10.1. The predicted molar refractivity (Wildman–Crippen MR) is 130 cm³/mol. The Morgan fingerprint density at radius 3 is 2.39 bits per heavy atom. The minimum absolute atomic E-state index is 0.155. The minimum Gasteiger partial charge on any atom is -0.482 e. The average Bonchev–Trinajstić information content (AvgIpc) is 2.76. The van der Waals surface area contributed by atoms with E-state index in [0.717, 1.165) is 20.1 Å². The quantitative estimate of drug-likeness (QED) is 0.427. The molecule has 0 bridgehead atoms. The first-order valence-corrected chi connectivity index (χ1v) is 11.2. The lowest BCUT2D eigenvalue weighted by Crippen LogP contribution is -2.34. The number of carbonyl (C=O) groups is 2. The topological polar surface area (TPSA) is 58.6 Å². The van der Waals surface area contributed by atoms with E-state index < -0.39 is 0 Å². The number of rotatable bonds is 7. The van der Waals surface area contributed by atoms with Gasteiger partial charge in [-0.25, -0.2) is 0 Å². The maximum absolute atomic E-state index is 12.8. The van der Waals surface area contributed by atoms with Gasteiger partial charge in [-0.05, 0) is 58.2 Å². The van der Waals surface area contributed by atoms with E-state index in [4.69, 9.17) is 4.74 Å². The van der Waals surface area contributed by atoms with Crippen LogP contribution < -0.4 is 15.0 Å². The van der Waals surface area contributed by atoms with Crippen molar-refractivity contribution in [3.63, 3.8) is 0 Å². The molecule has 0 spiro atoms. The van der Waals surface area contributed by atoms with Gasteiger partial charge in [-0.15, -0.1) is 0 Å². The highest BCUT2D eigenvalue weighted by Gasteiger charge is 2.19. The van der Waals surface area contributed by atoms with Gasteiger partial charge >= 0.3 is 0 Å². The van der Waals surface area contributed by atoms with E-state index in [1.165, 1.54) is 4.90 Å². The lowest BCUT2D eigenvalue weighted by molar-refractivity contribution is -0.120. The molecule has 0 atom stereocenters. The Hall–Kier alpha value is -2.64. The van der Waals surface area contributed by atoms with Crippen molar-refractivity contribution in [1.82, 2.24) is 5.32 Å². The molecule has 160 valence electrons. The molecule has 3 aromatic rings. The highest BCUT2D eigenvalue weighted by molar-refractivity contribution is 9.11. The first-order valence-electron chi connectivity index (χ1n) is 9.63. The number of nitrogens with zero attached hydrogens (tertiary/aromatic N) is 1. The molecule has 1 N–H and O–H groups in total. The summed E-state index contributed by atoms with van der Waals surface area (Å²) in [5.41, 5.74) is 2.85. The Bertz CT molecular complexity index is 1060. The molecule has 0 aliphatic carbocycles. The number of para-hydroxylation sites is 1. The van der Waals surface area contributed by atoms with Crippen molar-refractivity contribution in [3.8, 4) is 5.75 Å². The summed E-state index contributed by atoms with van der Waals surface area (Å²) in [6.45, 7) is 2.16. The summed E-state index contributed by atoms with van der Waals surface area (Å²) in [6, 6.07) is 20.5. The summed E-state index contributed by atoms with van der Waals surface area (Å²) in [4.78, 5) is 27.0. The maximum atomic E-state index is 12.8. The zero-order valence-electron chi connectivity index (χ0n) is 17.2. The molecule has 0 aliphatic heterocycles. The van der Waals surface area contributed by atoms with Gasteiger partial charge in [0.2, 0.25) is 0 Å². The number of hydrogen-bond acceptors (Lipinski definition) is 3. The molecule has 5 nitrogen and oxygen atoms in total. The number of amides is 2. The van der Waals surface area contributed by atoms with Gasteiger partial charge in [0.05, 0.1) is 15.7 Å². The highest BCUT2D eigenvalue weighted by Crippen LogP contribution is 2.32. The van der Waals surface area contributed by atoms with Crippen molar-refractivity contribution < 1.29 is 14.3 Å². The van der Waals surface area contributed by atoms with E-state index in [9.17, 15) is 9.59 Å². The van der Waals surface area contributed by atoms with Crippen LogP contribution in [0.4, 0.5) is 5.69 Å². The van der Waals surface area contributed by atoms with Gasteiger partial charge in [-0.2, -0.15) is 0 Å². The zero-order valence-corrected chi connectivity index (χ0v) is 20.4. The molecule has 31 heavy (non-hydrogen) atoms. The molecular weight excluding hydrogens is 524 g/mol. The Balaban J connectivity index is 1.69. The van der Waals surface area contributed by atoms with E-state index in [0.29, 0.717) is 23.5 Å². The van der Waals surface area contributed by atoms with Gasteiger partial charge in [0.15, 0.2) is 6.61 Å². The van der Waals surface area contributed by atoms with Gasteiger partial charge in [-0.1, -0.05) is 58.4 Å². The van der Waals surface area contributed by atoms with Gasteiger partial charge in [0, 0.05) is 18.1 Å². The summed E-state index contributed by atoms with van der Waals surface area (Å²) in [7, 11) is 1.64. The Morgan fingerprint density at radius 2 is 1.68 bits per heavy atom. The number of nitrogens with one attached hydrogen (secondary N) is 1. The monoisotopic (exact) mass is 544 g/mol. The van der Waals surface area contributed by atoms with Gasteiger partial charge in [0.25, 0.3) is 11.8 Å². The van der Waals surface area contributed by atoms with E-state index in [-0.39, 0.29) is 18.4 Å². The summed E-state index contributed by atoms with van der Waals surface area (Å²) in [5, 5.41) is 2.91. The molecule has 0 saturated carbocycles. The third-order valence-corrected chi connectivity index (χ3v) is 5.76. The second kappa shape index (κ2) is 10.6. The average molecular weight is 546 g/mol. The molecule has 0 aromatic heterocycles. The largest absolute Gasteiger partial charge is 0.482 e. The molecule has 3 rings (SSSR count). The highest BCUT2D eigenvalue weighted by atomic mass is 79.9. The SMILES string of the molecule is Cc1cc(Br)cc(Br)c1OCC(=O)N(C)c1ccccc1C(=O)NCc1ccccc1. The van der Waals surface area contributed by atoms with Crippen molar-refractivity contribution in [2.45, 2.75) is 13.5 Å². The number of hydrogen-bond donors (Lipinski definition) is 1. The zero-order chi connectivity index (χ0) is 22.4. The molecular formula is C24H22Br2N2O3. The number of benzene rings is 3. The number of carbonyl (C=O) groups excluding carboxylic acids is 2. The number of aryl methyl sites for hydroxylation is 1. The van der Waals surface area contributed by atoms with Crippen LogP contribution in [0.25, 0.3) is 0 Å². The lowest BCUT2D eigenvalue weighted by Gasteiger charge is -2.21. The van der Waals surface area contributed by atoms with Gasteiger partial charge in [0.1, 0.15) is 5.75 Å². The summed E-state index contributed by atoms with van der Waals surface area (Å²) < 4.78 is 7.45. The van der Waals surface area contributed by atoms with Crippen molar-refractivity contribution in [3.05, 3.63) is 92.4 Å². The van der Waals surface area contributed by atoms with Crippen molar-refractivity contribution >= 4 is 49.4 Å². The van der Waals surface area contributed by atoms with Crippen molar-refractivity contribution in [2.24, 2.45) is 0 Å². The van der Waals surface area contributed by atoms with E-state index in [1.807, 2.05) is 49.4 Å². The van der Waals surface area contributed by atoms with Gasteiger partial charge < -0.3 is 15.0 Å². The van der Waals surface area contributed by atoms with Crippen LogP contribution in [0.2, 0.25) is 0 Å². The fourth-order valence-electron chi connectivity index (χ4n) is 3.07. The maximum Gasteiger partial charge on any atom is 0.264 e. The van der Waals surface area contributed by atoms with Crippen molar-refractivity contribution in [2.75, 3.05) is 18.6 Å². The van der Waals surface area contributed by atoms with E-state index in [2.05, 4.69) is 37.2 Å². The summed E-state index contributed by atoms with van der Waals surface area (Å²) in [5.74, 6) is 0.0999. The molecule has 0 radical (unpaired) electrons. The van der Waals surface area contributed by atoms with Crippen LogP contribution in [0, 0.1) is 6.92 Å². The van der Waals surface area contributed by atoms with E-state index in [1.54, 1.807) is 31.3 Å². The number of anilines is 1. The standard InChI is InChI=1S/C24H22Br2N2O3/c1-16-12-18(25)13-20(26)23(16)31-15-22(29)28(2)21-11-7-6-10-19(21)24(30)27-14-17-8-4-3-5-9-17/h3-13H,14-15H2,1-2H3,(H,27,30). The number of likely N-dealkylation sites (N-methyl/N-ethyl adjacent to an activating group) is 1. The van der Waals surface area contributed by atoms with Crippen molar-refractivity contribution in [1.29, 1.82) is 0 Å². The van der Waals surface area contributed by atoms with E-state index >= 15 is 0 Å². The molecule has 0 unspecified atom stereocenters. The minimum atomic E-state index is -0.266. The van der Waals surface area contributed by atoms with Gasteiger partial charge in [-0.3, -0.25) is 9.59 Å². The Kier molecular flexibility index (Phi) is 7.87. The molecule has 0 heterocycles. The third-order valence-electron chi connectivity index (χ3n) is 4.71. The summed E-state index contributed by atoms with van der Waals surface area (Å²) in [6.07, 6.45) is 0. The molecule has 7 heteroatoms. The normalized spacial score (nSPS) is 10.5. The van der Waals surface area contributed by atoms with Crippen LogP contribution in [0.1, 0.15) is 21.5 Å². The van der Waals surface area contributed by atoms with Crippen LogP contribution in [0.5, 0.6) is 5.75 Å².